The van der Waals surface area contributed by atoms with Gasteiger partial charge in [-0.25, -0.2) is 21.0 Å². The van der Waals surface area contributed by atoms with E-state index >= 15 is 0 Å². The standard InChI is InChI=1S/C23H18N2O13S3.2Na/c24-20-17(40(32,33)34)10-16(18-19(20)22(27)13-4-2-1-3-12(13)21(18)26)25-15-9-11(5-6-14(15)23(28)29)39(30,31)8-7-38-41(35,36)37;;/h1-6,9-10,25H,7-8,24H2,(H,28,29)(H,32,33,34)(H,35,36,37);;/q;2*+1/p-2. The number of carbonyl (C=O) groups excluding carboxylic acids is 3. The van der Waals surface area contributed by atoms with Crippen LogP contribution in [0.25, 0.3) is 0 Å². The molecule has 15 nitrogen and oxygen atoms in total. The number of carboxylic acids is 1. The van der Waals surface area contributed by atoms with Crippen LogP contribution in [0.1, 0.15) is 42.2 Å². The van der Waals surface area contributed by atoms with Crippen molar-refractivity contribution in [3.63, 3.8) is 0 Å². The molecule has 4 rings (SSSR count). The van der Waals surface area contributed by atoms with E-state index in [4.69, 9.17) is 10.3 Å². The molecule has 43 heavy (non-hydrogen) atoms. The number of fused-ring (bicyclic) bond motifs is 2. The van der Waals surface area contributed by atoms with Gasteiger partial charge in [0.2, 0.25) is 0 Å². The molecule has 1 aliphatic rings. The Morgan fingerprint density at radius 2 is 1.44 bits per heavy atom. The van der Waals surface area contributed by atoms with Gasteiger partial charge >= 0.3 is 69.5 Å². The number of aromatic carboxylic acids is 1. The molecule has 3 aromatic carbocycles. The van der Waals surface area contributed by atoms with Crippen LogP contribution in [0.2, 0.25) is 0 Å². The maximum absolute atomic E-state index is 13.4. The van der Waals surface area contributed by atoms with E-state index in [1.54, 1.807) is 0 Å². The van der Waals surface area contributed by atoms with Gasteiger partial charge in [-0.05, 0) is 24.3 Å². The van der Waals surface area contributed by atoms with Crippen molar-refractivity contribution < 1.29 is 117 Å². The minimum absolute atomic E-state index is 0. The summed E-state index contributed by atoms with van der Waals surface area (Å²) in [5.74, 6) is -4.59. The fourth-order valence-corrected chi connectivity index (χ4v) is 6.25. The van der Waals surface area contributed by atoms with Gasteiger partial charge in [-0.3, -0.25) is 14.1 Å². The Morgan fingerprint density at radius 3 is 1.95 bits per heavy atom. The maximum atomic E-state index is 13.4. The number of hydrogen-bond acceptors (Lipinski definition) is 14. The molecule has 1 aliphatic carbocycles. The first-order valence-corrected chi connectivity index (χ1v) is 15.4. The molecule has 0 fully saturated rings. The van der Waals surface area contributed by atoms with Crippen LogP contribution in [0.5, 0.6) is 0 Å². The molecule has 0 saturated heterocycles. The van der Waals surface area contributed by atoms with Crippen molar-refractivity contribution in [3.8, 4) is 0 Å². The monoisotopic (exact) mass is 670 g/mol. The molecule has 216 valence electrons. The zero-order chi connectivity index (χ0) is 30.5. The van der Waals surface area contributed by atoms with Crippen LogP contribution >= 0.6 is 0 Å². The van der Waals surface area contributed by atoms with Crippen molar-refractivity contribution in [2.75, 3.05) is 23.4 Å². The van der Waals surface area contributed by atoms with E-state index in [2.05, 4.69) is 9.50 Å². The van der Waals surface area contributed by atoms with Gasteiger partial charge in [-0.2, -0.15) is 8.42 Å². The first-order chi connectivity index (χ1) is 18.9. The SMILES string of the molecule is Nc1c(S(=O)(=O)[O-])cc(Nc2cc(S(=O)(=O)CCOS(=O)(=O)O)ccc2C(=O)[O-])c2c1C(=O)c1ccccc1C2=O.[Na+].[Na+]. The second-order valence-electron chi connectivity index (χ2n) is 8.43. The molecule has 0 heterocycles. The van der Waals surface area contributed by atoms with Gasteiger partial charge < -0.3 is 25.5 Å². The van der Waals surface area contributed by atoms with Crippen LogP contribution in [-0.2, 0) is 34.5 Å². The molecule has 0 radical (unpaired) electrons. The number of nitrogens with two attached hydrogens (primary N) is 1. The number of carboxylic acid groups (broad SMARTS) is 1. The third-order valence-corrected chi connectivity index (χ3v) is 8.91. The summed E-state index contributed by atoms with van der Waals surface area (Å²) >= 11 is 0. The summed E-state index contributed by atoms with van der Waals surface area (Å²) in [5.41, 5.74) is 1.80. The van der Waals surface area contributed by atoms with Crippen molar-refractivity contribution >= 4 is 65.0 Å². The zero-order valence-corrected chi connectivity index (χ0v) is 28.6. The third-order valence-electron chi connectivity index (χ3n) is 5.89. The molecule has 0 unspecified atom stereocenters. The normalized spacial score (nSPS) is 12.8. The number of carbonyl (C=O) groups is 3. The molecule has 0 spiro atoms. The van der Waals surface area contributed by atoms with Gasteiger partial charge in [0.1, 0.15) is 10.1 Å². The van der Waals surface area contributed by atoms with Crippen molar-refractivity contribution in [3.05, 3.63) is 76.3 Å². The van der Waals surface area contributed by atoms with E-state index in [1.165, 1.54) is 24.3 Å². The predicted molar refractivity (Wildman–Crippen MR) is 136 cm³/mol. The summed E-state index contributed by atoms with van der Waals surface area (Å²) in [6, 6.07) is 8.40. The molecular weight excluding hydrogens is 654 g/mol. The molecule has 0 saturated carbocycles. The summed E-state index contributed by atoms with van der Waals surface area (Å²) in [7, 11) is -14.7. The van der Waals surface area contributed by atoms with Crippen molar-refractivity contribution in [2.45, 2.75) is 9.79 Å². The zero-order valence-electron chi connectivity index (χ0n) is 22.2. The number of ketones is 2. The summed E-state index contributed by atoms with van der Waals surface area (Å²) in [6.45, 7) is -1.00. The molecule has 0 atom stereocenters. The second-order valence-corrected chi connectivity index (χ2v) is 13.0. The van der Waals surface area contributed by atoms with E-state index in [0.717, 1.165) is 18.2 Å². The van der Waals surface area contributed by atoms with E-state index in [9.17, 15) is 49.3 Å². The Hall–Kier alpha value is -2.20. The fourth-order valence-electron chi connectivity index (χ4n) is 4.11. The number of nitrogen functional groups attached to an aromatic ring is 1. The fraction of sp³-hybridized carbons (Fsp3) is 0.0870. The summed E-state index contributed by atoms with van der Waals surface area (Å²) in [5, 5.41) is 14.2. The summed E-state index contributed by atoms with van der Waals surface area (Å²) < 4.78 is 95.5. The van der Waals surface area contributed by atoms with Crippen LogP contribution < -0.4 is 75.3 Å². The van der Waals surface area contributed by atoms with Crippen molar-refractivity contribution in [1.82, 2.24) is 0 Å². The molecule has 0 amide bonds. The largest absolute Gasteiger partial charge is 1.00 e. The number of hydrogen-bond donors (Lipinski definition) is 3. The Kier molecular flexibility index (Phi) is 11.6. The topological polar surface area (TPSA) is 267 Å². The average molecular weight is 671 g/mol. The predicted octanol–water partition coefficient (Wildman–Crippen LogP) is -6.34. The number of nitrogens with one attached hydrogen (secondary N) is 1. The van der Waals surface area contributed by atoms with Gasteiger partial charge in [0.05, 0.1) is 50.6 Å². The minimum Gasteiger partial charge on any atom is -0.744 e. The molecule has 0 aliphatic heterocycles. The third kappa shape index (κ3) is 7.72. The molecule has 0 aromatic heterocycles. The maximum Gasteiger partial charge on any atom is 1.00 e. The van der Waals surface area contributed by atoms with E-state index < -0.39 is 104 Å². The quantitative estimate of drug-likeness (QED) is 0.0849. The Balaban J connectivity index is 0.00000323. The molecule has 4 N–H and O–H groups in total. The van der Waals surface area contributed by atoms with E-state index in [1.807, 2.05) is 0 Å². The number of sulfone groups is 1. The smallest absolute Gasteiger partial charge is 0.744 e. The van der Waals surface area contributed by atoms with Crippen molar-refractivity contribution in [1.29, 1.82) is 0 Å². The molecule has 3 aromatic rings. The van der Waals surface area contributed by atoms with Gasteiger partial charge in [-0.15, -0.1) is 0 Å². The Labute approximate surface area is 289 Å². The number of benzene rings is 3. The molecule has 0 bridgehead atoms. The van der Waals surface area contributed by atoms with Gasteiger partial charge in [0.15, 0.2) is 21.4 Å². The first kappa shape index (κ1) is 37.0. The molecular formula is C23H16N2Na2O13S3. The van der Waals surface area contributed by atoms with Crippen molar-refractivity contribution in [2.24, 2.45) is 0 Å². The average Bonchev–Trinajstić information content (AvgIpc) is 2.86. The summed E-state index contributed by atoms with van der Waals surface area (Å²) in [4.78, 5) is 36.8. The van der Waals surface area contributed by atoms with E-state index in [0.29, 0.717) is 6.07 Å². The van der Waals surface area contributed by atoms with Crippen LogP contribution in [0.3, 0.4) is 0 Å². The minimum atomic E-state index is -5.37. The Bertz CT molecular complexity index is 2000. The van der Waals surface area contributed by atoms with Crippen LogP contribution in [0, 0.1) is 0 Å². The van der Waals surface area contributed by atoms with Crippen LogP contribution in [-0.4, -0.2) is 64.3 Å². The van der Waals surface area contributed by atoms with Gasteiger partial charge in [-0.1, -0.05) is 24.3 Å². The van der Waals surface area contributed by atoms with Gasteiger partial charge in [0.25, 0.3) is 0 Å². The first-order valence-electron chi connectivity index (χ1n) is 11.0. The molecule has 20 heteroatoms. The van der Waals surface area contributed by atoms with E-state index in [-0.39, 0.29) is 70.2 Å². The van der Waals surface area contributed by atoms with Gasteiger partial charge in [0, 0.05) is 22.4 Å². The second kappa shape index (κ2) is 13.4. The van der Waals surface area contributed by atoms with Crippen LogP contribution in [0.4, 0.5) is 17.1 Å². The van der Waals surface area contributed by atoms with Crippen LogP contribution in [0.15, 0.2) is 58.3 Å². The number of anilines is 3. The number of rotatable bonds is 9. The Morgan fingerprint density at radius 1 is 0.884 bits per heavy atom. The summed E-state index contributed by atoms with van der Waals surface area (Å²) in [6.07, 6.45) is 0.